The maximum absolute atomic E-state index is 11.7. The van der Waals surface area contributed by atoms with Crippen molar-refractivity contribution in [3.05, 3.63) is 0 Å². The predicted octanol–water partition coefficient (Wildman–Crippen LogP) is 3.58. The molecule has 0 aromatic carbocycles. The minimum Gasteiger partial charge on any atom is -0.392 e. The summed E-state index contributed by atoms with van der Waals surface area (Å²) < 4.78 is 21.3. The molecule has 17 heavy (non-hydrogen) atoms. The van der Waals surface area contributed by atoms with Crippen molar-refractivity contribution in [2.24, 2.45) is 0 Å². The summed E-state index contributed by atoms with van der Waals surface area (Å²) in [6.45, 7) is 2.19. The summed E-state index contributed by atoms with van der Waals surface area (Å²) in [5.41, 5.74) is 0. The minimum atomic E-state index is -3.05. The summed E-state index contributed by atoms with van der Waals surface area (Å²) in [5, 5.41) is 9.72. The molecule has 0 rings (SSSR count). The number of rotatable bonds is 11. The number of aliphatic hydroxyl groups excluding tert-OH is 1. The molecule has 104 valence electrons. The van der Waals surface area contributed by atoms with E-state index >= 15 is 0 Å². The van der Waals surface area contributed by atoms with Gasteiger partial charge in [-0.3, -0.25) is 4.57 Å². The van der Waals surface area contributed by atoms with Gasteiger partial charge in [0.05, 0.1) is 12.3 Å². The Morgan fingerprint density at radius 2 is 1.59 bits per heavy atom. The molecule has 0 spiro atoms. The summed E-state index contributed by atoms with van der Waals surface area (Å²) in [7, 11) is -0.356. The summed E-state index contributed by atoms with van der Waals surface area (Å²) >= 11 is 0. The molecule has 0 aliphatic rings. The molecule has 0 amide bonds. The maximum Gasteiger partial charge on any atom is 0.332 e. The fourth-order valence-corrected chi connectivity index (χ4v) is 2.88. The van der Waals surface area contributed by atoms with Gasteiger partial charge in [-0.2, -0.15) is 0 Å². The van der Waals surface area contributed by atoms with E-state index < -0.39 is 13.7 Å². The lowest BCUT2D eigenvalue weighted by Gasteiger charge is -2.17. The molecule has 0 aliphatic carbocycles. The normalized spacial score (nSPS) is 13.9. The number of hydrogen-bond acceptors (Lipinski definition) is 4. The maximum atomic E-state index is 11.7. The molecule has 4 nitrogen and oxygen atoms in total. The molecule has 5 heteroatoms. The molecule has 0 saturated carbocycles. The zero-order valence-corrected chi connectivity index (χ0v) is 12.2. The molecule has 0 aromatic heterocycles. The van der Waals surface area contributed by atoms with E-state index in [0.717, 1.165) is 12.8 Å². The van der Waals surface area contributed by atoms with E-state index in [1.807, 2.05) is 0 Å². The standard InChI is InChI=1S/C12H27O4P/c1-4-5-6-7-8-9-10-12(13)11-17(14,15-2)16-3/h12-13H,4-11H2,1-3H3. The van der Waals surface area contributed by atoms with Gasteiger partial charge in [0.1, 0.15) is 0 Å². The second kappa shape index (κ2) is 10.1. The molecule has 1 atom stereocenters. The van der Waals surface area contributed by atoms with Crippen LogP contribution in [0.25, 0.3) is 0 Å². The van der Waals surface area contributed by atoms with Crippen LogP contribution in [0, 0.1) is 0 Å². The Balaban J connectivity index is 3.59. The molecule has 0 saturated heterocycles. The largest absolute Gasteiger partial charge is 0.392 e. The van der Waals surface area contributed by atoms with Crippen LogP contribution < -0.4 is 0 Å². The van der Waals surface area contributed by atoms with Crippen molar-refractivity contribution < 1.29 is 18.7 Å². The van der Waals surface area contributed by atoms with Crippen LogP contribution in [0.15, 0.2) is 0 Å². The van der Waals surface area contributed by atoms with Crippen molar-refractivity contribution in [1.82, 2.24) is 0 Å². The predicted molar refractivity (Wildman–Crippen MR) is 70.5 cm³/mol. The van der Waals surface area contributed by atoms with Crippen LogP contribution in [-0.4, -0.2) is 31.6 Å². The minimum absolute atomic E-state index is 0.0922. The first kappa shape index (κ1) is 17.1. The van der Waals surface area contributed by atoms with E-state index in [0.29, 0.717) is 6.42 Å². The van der Waals surface area contributed by atoms with Crippen molar-refractivity contribution in [1.29, 1.82) is 0 Å². The van der Waals surface area contributed by atoms with E-state index in [2.05, 4.69) is 6.92 Å². The molecule has 0 aromatic rings. The first-order valence-corrected chi connectivity index (χ1v) is 8.19. The third-order valence-electron chi connectivity index (χ3n) is 2.88. The van der Waals surface area contributed by atoms with Crippen molar-refractivity contribution in [3.63, 3.8) is 0 Å². The number of aliphatic hydroxyl groups is 1. The van der Waals surface area contributed by atoms with Gasteiger partial charge in [-0.15, -0.1) is 0 Å². The Kier molecular flexibility index (Phi) is 10.1. The Morgan fingerprint density at radius 1 is 1.06 bits per heavy atom. The van der Waals surface area contributed by atoms with E-state index in [1.54, 1.807) is 0 Å². The highest BCUT2D eigenvalue weighted by atomic mass is 31.2. The van der Waals surface area contributed by atoms with Crippen LogP contribution in [0.1, 0.15) is 51.9 Å². The van der Waals surface area contributed by atoms with Gasteiger partial charge < -0.3 is 14.2 Å². The van der Waals surface area contributed by atoms with Gasteiger partial charge in [0.2, 0.25) is 0 Å². The molecular weight excluding hydrogens is 239 g/mol. The average Bonchev–Trinajstić information content (AvgIpc) is 2.33. The van der Waals surface area contributed by atoms with E-state index in [-0.39, 0.29) is 6.16 Å². The van der Waals surface area contributed by atoms with Gasteiger partial charge in [0.25, 0.3) is 0 Å². The summed E-state index contributed by atoms with van der Waals surface area (Å²) in [6.07, 6.45) is 7.27. The third kappa shape index (κ3) is 8.78. The second-order valence-electron chi connectivity index (χ2n) is 4.37. The van der Waals surface area contributed by atoms with E-state index in [4.69, 9.17) is 9.05 Å². The average molecular weight is 266 g/mol. The highest BCUT2D eigenvalue weighted by molar-refractivity contribution is 7.53. The van der Waals surface area contributed by atoms with Gasteiger partial charge >= 0.3 is 7.60 Å². The van der Waals surface area contributed by atoms with Crippen LogP contribution in [-0.2, 0) is 13.6 Å². The van der Waals surface area contributed by atoms with Gasteiger partial charge in [-0.25, -0.2) is 0 Å². The highest BCUT2D eigenvalue weighted by Gasteiger charge is 2.25. The zero-order valence-electron chi connectivity index (χ0n) is 11.4. The molecule has 0 fully saturated rings. The lowest BCUT2D eigenvalue weighted by atomic mass is 10.1. The Morgan fingerprint density at radius 3 is 2.12 bits per heavy atom. The quantitative estimate of drug-likeness (QED) is 0.458. The topological polar surface area (TPSA) is 55.8 Å². The van der Waals surface area contributed by atoms with Crippen LogP contribution in [0.3, 0.4) is 0 Å². The fourth-order valence-electron chi connectivity index (χ4n) is 1.73. The lowest BCUT2D eigenvalue weighted by molar-refractivity contribution is 0.168. The fraction of sp³-hybridized carbons (Fsp3) is 1.00. The Hall–Kier alpha value is 0.110. The third-order valence-corrected chi connectivity index (χ3v) is 4.86. The van der Waals surface area contributed by atoms with Crippen LogP contribution in [0.4, 0.5) is 0 Å². The zero-order chi connectivity index (χ0) is 13.1. The molecular formula is C12H27O4P. The summed E-state index contributed by atoms with van der Waals surface area (Å²) in [5.74, 6) is 0. The monoisotopic (exact) mass is 266 g/mol. The van der Waals surface area contributed by atoms with Crippen molar-refractivity contribution in [2.45, 2.75) is 58.0 Å². The first-order valence-electron chi connectivity index (χ1n) is 6.46. The molecule has 1 N–H and O–H groups in total. The molecule has 0 radical (unpaired) electrons. The van der Waals surface area contributed by atoms with E-state index in [1.165, 1.54) is 39.9 Å². The number of hydrogen-bond donors (Lipinski definition) is 1. The van der Waals surface area contributed by atoms with Crippen molar-refractivity contribution in [3.8, 4) is 0 Å². The highest BCUT2D eigenvalue weighted by Crippen LogP contribution is 2.47. The smallest absolute Gasteiger partial charge is 0.332 e. The molecule has 0 heterocycles. The lowest BCUT2D eigenvalue weighted by Crippen LogP contribution is -2.14. The SMILES string of the molecule is CCCCCCCCC(O)CP(=O)(OC)OC. The second-order valence-corrected chi connectivity index (χ2v) is 6.69. The van der Waals surface area contributed by atoms with Gasteiger partial charge in [0.15, 0.2) is 0 Å². The molecule has 1 unspecified atom stereocenters. The van der Waals surface area contributed by atoms with Gasteiger partial charge in [-0.1, -0.05) is 45.4 Å². The Bertz CT molecular complexity index is 213. The van der Waals surface area contributed by atoms with Gasteiger partial charge in [0, 0.05) is 14.2 Å². The van der Waals surface area contributed by atoms with E-state index in [9.17, 15) is 9.67 Å². The first-order chi connectivity index (χ1) is 8.08. The van der Waals surface area contributed by atoms with Crippen molar-refractivity contribution >= 4 is 7.60 Å². The molecule has 0 bridgehead atoms. The van der Waals surface area contributed by atoms with Crippen LogP contribution >= 0.6 is 7.60 Å². The summed E-state index contributed by atoms with van der Waals surface area (Å²) in [4.78, 5) is 0. The summed E-state index contributed by atoms with van der Waals surface area (Å²) in [6, 6.07) is 0. The Labute approximate surface area is 105 Å². The number of unbranched alkanes of at least 4 members (excludes halogenated alkanes) is 5. The van der Waals surface area contributed by atoms with Crippen LogP contribution in [0.2, 0.25) is 0 Å². The molecule has 0 aliphatic heterocycles. The van der Waals surface area contributed by atoms with Crippen molar-refractivity contribution in [2.75, 3.05) is 20.4 Å². The van der Waals surface area contributed by atoms with Crippen LogP contribution in [0.5, 0.6) is 0 Å². The van der Waals surface area contributed by atoms with Gasteiger partial charge in [-0.05, 0) is 6.42 Å².